The molecule has 0 spiro atoms. The van der Waals surface area contributed by atoms with Crippen molar-refractivity contribution in [1.82, 2.24) is 20.6 Å². The Hall–Kier alpha value is -2.43. The van der Waals surface area contributed by atoms with Crippen LogP contribution < -0.4 is 10.6 Å². The first-order valence-electron chi connectivity index (χ1n) is 8.37. The average molecular weight is 326 g/mol. The van der Waals surface area contributed by atoms with E-state index in [9.17, 15) is 4.39 Å². The van der Waals surface area contributed by atoms with Crippen LogP contribution in [0.3, 0.4) is 0 Å². The highest BCUT2D eigenvalue weighted by molar-refractivity contribution is 5.62. The number of halogens is 1. The van der Waals surface area contributed by atoms with Crippen LogP contribution in [0.4, 0.5) is 4.39 Å². The minimum Gasteiger partial charge on any atom is -0.386 e. The highest BCUT2D eigenvalue weighted by Crippen LogP contribution is 2.22. The van der Waals surface area contributed by atoms with Crippen molar-refractivity contribution in [3.05, 3.63) is 59.7 Å². The van der Waals surface area contributed by atoms with Crippen LogP contribution in [0.2, 0.25) is 0 Å². The summed E-state index contributed by atoms with van der Waals surface area (Å²) in [5.74, 6) is 0.552. The lowest BCUT2D eigenvalue weighted by molar-refractivity contribution is 0.559. The molecule has 24 heavy (non-hydrogen) atoms. The number of hydrogen-bond acceptors (Lipinski definition) is 4. The predicted molar refractivity (Wildman–Crippen MR) is 93.6 cm³/mol. The standard InChI is InChI=1S/C19H23FN4/c1-4-16-8-17(11-21-16)24-13(3)19-22-9-15(10-23-19)14-5-6-18(20)12(2)7-14/h5-7,9-11,13,16,21,24H,4,8H2,1-3H3. The maximum atomic E-state index is 13.4. The fourth-order valence-corrected chi connectivity index (χ4v) is 2.84. The lowest BCUT2D eigenvalue weighted by Gasteiger charge is -2.15. The van der Waals surface area contributed by atoms with Crippen molar-refractivity contribution in [2.24, 2.45) is 0 Å². The third-order valence-electron chi connectivity index (χ3n) is 4.40. The Kier molecular flexibility index (Phi) is 4.79. The molecule has 0 aliphatic carbocycles. The molecule has 0 radical (unpaired) electrons. The molecule has 0 saturated heterocycles. The van der Waals surface area contributed by atoms with Gasteiger partial charge in [-0.1, -0.05) is 13.0 Å². The van der Waals surface area contributed by atoms with Crippen molar-refractivity contribution in [1.29, 1.82) is 0 Å². The van der Waals surface area contributed by atoms with Crippen molar-refractivity contribution in [2.45, 2.75) is 45.7 Å². The van der Waals surface area contributed by atoms with E-state index < -0.39 is 0 Å². The monoisotopic (exact) mass is 326 g/mol. The molecule has 0 saturated carbocycles. The Morgan fingerprint density at radius 3 is 2.67 bits per heavy atom. The maximum absolute atomic E-state index is 13.4. The van der Waals surface area contributed by atoms with Crippen molar-refractivity contribution in [3.63, 3.8) is 0 Å². The summed E-state index contributed by atoms with van der Waals surface area (Å²) in [6, 6.07) is 5.60. The fourth-order valence-electron chi connectivity index (χ4n) is 2.84. The Morgan fingerprint density at radius 2 is 2.04 bits per heavy atom. The second-order valence-electron chi connectivity index (χ2n) is 6.31. The van der Waals surface area contributed by atoms with E-state index in [1.165, 1.54) is 11.8 Å². The Balaban J connectivity index is 1.68. The first-order chi connectivity index (χ1) is 11.6. The Morgan fingerprint density at radius 1 is 1.29 bits per heavy atom. The van der Waals surface area contributed by atoms with Gasteiger partial charge >= 0.3 is 0 Å². The van der Waals surface area contributed by atoms with E-state index in [4.69, 9.17) is 0 Å². The van der Waals surface area contributed by atoms with Gasteiger partial charge in [0.25, 0.3) is 0 Å². The number of aromatic nitrogens is 2. The normalized spacial score (nSPS) is 18.0. The largest absolute Gasteiger partial charge is 0.386 e. The van der Waals surface area contributed by atoms with E-state index in [1.54, 1.807) is 25.4 Å². The summed E-state index contributed by atoms with van der Waals surface area (Å²) < 4.78 is 13.4. The van der Waals surface area contributed by atoms with Gasteiger partial charge in [0.15, 0.2) is 0 Å². The summed E-state index contributed by atoms with van der Waals surface area (Å²) in [5, 5.41) is 6.82. The fraction of sp³-hybridized carbons (Fsp3) is 0.368. The topological polar surface area (TPSA) is 49.8 Å². The van der Waals surface area contributed by atoms with E-state index >= 15 is 0 Å². The van der Waals surface area contributed by atoms with Crippen molar-refractivity contribution >= 4 is 0 Å². The van der Waals surface area contributed by atoms with Crippen LogP contribution in [0.15, 0.2) is 42.5 Å². The van der Waals surface area contributed by atoms with Gasteiger partial charge in [0, 0.05) is 42.3 Å². The minimum absolute atomic E-state index is 0.0395. The first-order valence-corrected chi connectivity index (χ1v) is 8.37. The highest BCUT2D eigenvalue weighted by Gasteiger charge is 2.17. The van der Waals surface area contributed by atoms with Crippen molar-refractivity contribution in [2.75, 3.05) is 0 Å². The van der Waals surface area contributed by atoms with E-state index in [2.05, 4.69) is 34.4 Å². The van der Waals surface area contributed by atoms with Crippen LogP contribution in [-0.4, -0.2) is 16.0 Å². The summed E-state index contributed by atoms with van der Waals surface area (Å²) >= 11 is 0. The quantitative estimate of drug-likeness (QED) is 0.876. The van der Waals surface area contributed by atoms with Crippen LogP contribution in [0.1, 0.15) is 44.1 Å². The van der Waals surface area contributed by atoms with E-state index in [1.807, 2.05) is 12.3 Å². The van der Waals surface area contributed by atoms with Crippen molar-refractivity contribution in [3.8, 4) is 11.1 Å². The molecule has 2 aromatic rings. The smallest absolute Gasteiger partial charge is 0.150 e. The van der Waals surface area contributed by atoms with Gasteiger partial charge in [0.1, 0.15) is 11.6 Å². The molecule has 0 bridgehead atoms. The predicted octanol–water partition coefficient (Wildman–Crippen LogP) is 3.86. The van der Waals surface area contributed by atoms with Gasteiger partial charge in [0.05, 0.1) is 6.04 Å². The van der Waals surface area contributed by atoms with Crippen molar-refractivity contribution < 1.29 is 4.39 Å². The van der Waals surface area contributed by atoms with Crippen LogP contribution in [0, 0.1) is 12.7 Å². The number of benzene rings is 1. The zero-order valence-corrected chi connectivity index (χ0v) is 14.3. The van der Waals surface area contributed by atoms with Gasteiger partial charge < -0.3 is 10.6 Å². The summed E-state index contributed by atoms with van der Waals surface area (Å²) in [4.78, 5) is 8.95. The van der Waals surface area contributed by atoms with Crippen LogP contribution in [-0.2, 0) is 0 Å². The number of hydrogen-bond donors (Lipinski definition) is 2. The number of aryl methyl sites for hydroxylation is 1. The molecule has 4 nitrogen and oxygen atoms in total. The summed E-state index contributed by atoms with van der Waals surface area (Å²) in [6.07, 6.45) is 7.75. The zero-order chi connectivity index (χ0) is 17.1. The molecule has 126 valence electrons. The van der Waals surface area contributed by atoms with Crippen LogP contribution in [0.25, 0.3) is 11.1 Å². The number of nitrogens with zero attached hydrogens (tertiary/aromatic N) is 2. The third-order valence-corrected chi connectivity index (χ3v) is 4.40. The molecule has 5 heteroatoms. The maximum Gasteiger partial charge on any atom is 0.150 e. The molecular weight excluding hydrogens is 303 g/mol. The molecule has 1 aromatic heterocycles. The number of nitrogens with one attached hydrogen (secondary N) is 2. The summed E-state index contributed by atoms with van der Waals surface area (Å²) in [7, 11) is 0. The molecule has 3 rings (SSSR count). The minimum atomic E-state index is -0.196. The van der Waals surface area contributed by atoms with E-state index in [0.29, 0.717) is 11.6 Å². The van der Waals surface area contributed by atoms with Gasteiger partial charge in [-0.15, -0.1) is 0 Å². The third kappa shape index (κ3) is 3.55. The zero-order valence-electron chi connectivity index (χ0n) is 14.3. The Labute approximate surface area is 142 Å². The molecule has 2 atom stereocenters. The van der Waals surface area contributed by atoms with E-state index in [0.717, 1.165) is 29.8 Å². The van der Waals surface area contributed by atoms with Gasteiger partial charge in [-0.3, -0.25) is 0 Å². The summed E-state index contributed by atoms with van der Waals surface area (Å²) in [6.45, 7) is 5.99. The van der Waals surface area contributed by atoms with Gasteiger partial charge in [-0.2, -0.15) is 0 Å². The average Bonchev–Trinajstić information content (AvgIpc) is 3.05. The SMILES string of the molecule is CCC1CC(NC(C)c2ncc(-c3ccc(F)c(C)c3)cn2)=CN1. The molecule has 0 amide bonds. The lowest BCUT2D eigenvalue weighted by Crippen LogP contribution is -2.21. The summed E-state index contributed by atoms with van der Waals surface area (Å²) in [5.41, 5.74) is 3.63. The second-order valence-corrected chi connectivity index (χ2v) is 6.31. The molecular formula is C19H23FN4. The molecule has 1 aromatic carbocycles. The lowest BCUT2D eigenvalue weighted by atomic mass is 10.1. The Bertz CT molecular complexity index is 740. The molecule has 2 N–H and O–H groups in total. The molecule has 2 heterocycles. The molecule has 1 aliphatic heterocycles. The number of rotatable bonds is 5. The first kappa shape index (κ1) is 16.4. The van der Waals surface area contributed by atoms with E-state index in [-0.39, 0.29) is 11.9 Å². The molecule has 2 unspecified atom stereocenters. The van der Waals surface area contributed by atoms with Crippen LogP contribution >= 0.6 is 0 Å². The van der Waals surface area contributed by atoms with Gasteiger partial charge in [-0.25, -0.2) is 14.4 Å². The second kappa shape index (κ2) is 6.99. The van der Waals surface area contributed by atoms with Crippen LogP contribution in [0.5, 0.6) is 0 Å². The van der Waals surface area contributed by atoms with Gasteiger partial charge in [0.2, 0.25) is 0 Å². The van der Waals surface area contributed by atoms with Gasteiger partial charge in [-0.05, 0) is 43.5 Å². The molecule has 0 fully saturated rings. The highest BCUT2D eigenvalue weighted by atomic mass is 19.1. The molecule has 1 aliphatic rings.